The van der Waals surface area contributed by atoms with Crippen LogP contribution in [-0.2, 0) is 6.42 Å². The SMILES string of the molecule is CN=C(NCCCc1nc2ccccc2[nH]1)NC1CCN(c2ccccc2OC(F)F)C1. The largest absolute Gasteiger partial charge is 0.433 e. The maximum atomic E-state index is 12.7. The standard InChI is InChI=1S/C23H28F2N6O/c1-26-23(27-13-6-11-21-29-17-7-2-3-8-18(17)30-21)28-16-12-14-31(15-16)19-9-4-5-10-20(19)32-22(24)25/h2-5,7-10,16,22H,6,11-15H2,1H3,(H,29,30)(H2,26,27,28). The zero-order valence-electron chi connectivity index (χ0n) is 18.0. The normalized spacial score (nSPS) is 16.7. The van der Waals surface area contributed by atoms with Gasteiger partial charge in [0.25, 0.3) is 0 Å². The minimum atomic E-state index is -2.84. The van der Waals surface area contributed by atoms with Gasteiger partial charge >= 0.3 is 6.61 Å². The number of hydrogen-bond donors (Lipinski definition) is 3. The molecule has 9 heteroatoms. The average molecular weight is 443 g/mol. The van der Waals surface area contributed by atoms with Gasteiger partial charge in [-0.25, -0.2) is 4.98 Å². The molecule has 0 radical (unpaired) electrons. The monoisotopic (exact) mass is 442 g/mol. The van der Waals surface area contributed by atoms with Crippen LogP contribution < -0.4 is 20.3 Å². The number of nitrogens with zero attached hydrogens (tertiary/aromatic N) is 3. The summed E-state index contributed by atoms with van der Waals surface area (Å²) in [4.78, 5) is 14.3. The first kappa shape index (κ1) is 21.9. The Hall–Kier alpha value is -3.36. The number of para-hydroxylation sites is 4. The Bertz CT molecular complexity index is 1020. The first-order chi connectivity index (χ1) is 15.6. The van der Waals surface area contributed by atoms with E-state index >= 15 is 0 Å². The molecule has 1 aliphatic heterocycles. The number of aromatic amines is 1. The van der Waals surface area contributed by atoms with Gasteiger partial charge in [0.2, 0.25) is 0 Å². The topological polar surface area (TPSA) is 77.6 Å². The predicted molar refractivity (Wildman–Crippen MR) is 123 cm³/mol. The zero-order chi connectivity index (χ0) is 22.3. The number of aromatic nitrogens is 2. The van der Waals surface area contributed by atoms with E-state index in [0.717, 1.165) is 55.2 Å². The number of hydrogen-bond acceptors (Lipinski definition) is 4. The second-order valence-electron chi connectivity index (χ2n) is 7.73. The van der Waals surface area contributed by atoms with Crippen molar-refractivity contribution < 1.29 is 13.5 Å². The van der Waals surface area contributed by atoms with Gasteiger partial charge in [-0.15, -0.1) is 0 Å². The van der Waals surface area contributed by atoms with Gasteiger partial charge in [-0.05, 0) is 37.1 Å². The van der Waals surface area contributed by atoms with Crippen LogP contribution in [0, 0.1) is 0 Å². The van der Waals surface area contributed by atoms with Crippen LogP contribution in [0.2, 0.25) is 0 Å². The Morgan fingerprint density at radius 3 is 2.88 bits per heavy atom. The van der Waals surface area contributed by atoms with Gasteiger partial charge in [-0.2, -0.15) is 8.78 Å². The summed E-state index contributed by atoms with van der Waals surface area (Å²) in [7, 11) is 1.74. The molecule has 1 aliphatic rings. The molecule has 2 aromatic carbocycles. The van der Waals surface area contributed by atoms with Gasteiger partial charge in [0, 0.05) is 39.1 Å². The fourth-order valence-corrected chi connectivity index (χ4v) is 3.99. The summed E-state index contributed by atoms with van der Waals surface area (Å²) in [6, 6.07) is 15.1. The first-order valence-corrected chi connectivity index (χ1v) is 10.8. The average Bonchev–Trinajstić information content (AvgIpc) is 3.42. The molecule has 2 heterocycles. The summed E-state index contributed by atoms with van der Waals surface area (Å²) in [6.45, 7) is -0.637. The highest BCUT2D eigenvalue weighted by atomic mass is 19.3. The molecule has 0 amide bonds. The van der Waals surface area contributed by atoms with Crippen LogP contribution in [0.15, 0.2) is 53.5 Å². The van der Waals surface area contributed by atoms with Crippen molar-refractivity contribution in [3.63, 3.8) is 0 Å². The zero-order valence-corrected chi connectivity index (χ0v) is 18.0. The summed E-state index contributed by atoms with van der Waals surface area (Å²) < 4.78 is 30.1. The van der Waals surface area contributed by atoms with Gasteiger partial charge in [0.1, 0.15) is 11.6 Å². The molecular weight excluding hydrogens is 414 g/mol. The summed E-state index contributed by atoms with van der Waals surface area (Å²) >= 11 is 0. The maximum absolute atomic E-state index is 12.7. The molecule has 1 atom stereocenters. The molecule has 1 aromatic heterocycles. The van der Waals surface area contributed by atoms with Crippen molar-refractivity contribution in [3.05, 3.63) is 54.4 Å². The maximum Gasteiger partial charge on any atom is 0.387 e. The molecule has 1 saturated heterocycles. The van der Waals surface area contributed by atoms with E-state index in [4.69, 9.17) is 0 Å². The number of halogens is 2. The molecule has 170 valence electrons. The number of ether oxygens (including phenoxy) is 1. The van der Waals surface area contributed by atoms with Crippen molar-refractivity contribution in [1.82, 2.24) is 20.6 Å². The predicted octanol–water partition coefficient (Wildman–Crippen LogP) is 3.54. The second-order valence-corrected chi connectivity index (χ2v) is 7.73. The highest BCUT2D eigenvalue weighted by Crippen LogP contribution is 2.31. The lowest BCUT2D eigenvalue weighted by Crippen LogP contribution is -2.45. The summed E-state index contributed by atoms with van der Waals surface area (Å²) in [6.07, 6.45) is 2.63. The number of H-pyrrole nitrogens is 1. The van der Waals surface area contributed by atoms with Gasteiger partial charge in [0.05, 0.1) is 16.7 Å². The molecule has 32 heavy (non-hydrogen) atoms. The van der Waals surface area contributed by atoms with Gasteiger partial charge in [-0.1, -0.05) is 24.3 Å². The van der Waals surface area contributed by atoms with Crippen LogP contribution in [0.25, 0.3) is 11.0 Å². The Morgan fingerprint density at radius 2 is 2.06 bits per heavy atom. The Morgan fingerprint density at radius 1 is 1.25 bits per heavy atom. The Kier molecular flexibility index (Phi) is 7.03. The minimum Gasteiger partial charge on any atom is -0.433 e. The van der Waals surface area contributed by atoms with Crippen LogP contribution in [0.5, 0.6) is 5.75 Å². The van der Waals surface area contributed by atoms with Gasteiger partial charge in [-0.3, -0.25) is 4.99 Å². The number of rotatable bonds is 8. The van der Waals surface area contributed by atoms with Crippen LogP contribution >= 0.6 is 0 Å². The molecule has 0 aliphatic carbocycles. The van der Waals surface area contributed by atoms with Crippen molar-refractivity contribution in [2.45, 2.75) is 31.9 Å². The van der Waals surface area contributed by atoms with E-state index < -0.39 is 6.61 Å². The second kappa shape index (κ2) is 10.3. The van der Waals surface area contributed by atoms with Crippen molar-refractivity contribution in [2.24, 2.45) is 4.99 Å². The lowest BCUT2D eigenvalue weighted by Gasteiger charge is -2.22. The molecule has 3 N–H and O–H groups in total. The van der Waals surface area contributed by atoms with Gasteiger partial charge in [0.15, 0.2) is 5.96 Å². The molecule has 3 aromatic rings. The van der Waals surface area contributed by atoms with E-state index in [1.54, 1.807) is 19.2 Å². The molecule has 7 nitrogen and oxygen atoms in total. The number of aliphatic imine (C=N–C) groups is 1. The number of anilines is 1. The lowest BCUT2D eigenvalue weighted by molar-refractivity contribution is -0.0495. The first-order valence-electron chi connectivity index (χ1n) is 10.8. The fourth-order valence-electron chi connectivity index (χ4n) is 3.99. The van der Waals surface area contributed by atoms with E-state index in [-0.39, 0.29) is 11.8 Å². The summed E-state index contributed by atoms with van der Waals surface area (Å²) in [5.41, 5.74) is 2.73. The number of imidazole rings is 1. The van der Waals surface area contributed by atoms with Crippen LogP contribution in [-0.4, -0.2) is 55.3 Å². The summed E-state index contributed by atoms with van der Waals surface area (Å²) in [5.74, 6) is 1.92. The number of aryl methyl sites for hydroxylation is 1. The number of guanidine groups is 1. The molecular formula is C23H28F2N6O. The van der Waals surface area contributed by atoms with E-state index in [2.05, 4.69) is 35.2 Å². The summed E-state index contributed by atoms with van der Waals surface area (Å²) in [5, 5.41) is 6.78. The van der Waals surface area contributed by atoms with Crippen molar-refractivity contribution >= 4 is 22.7 Å². The molecule has 1 unspecified atom stereocenters. The van der Waals surface area contributed by atoms with Crippen LogP contribution in [0.3, 0.4) is 0 Å². The molecule has 4 rings (SSSR count). The van der Waals surface area contributed by atoms with Gasteiger partial charge < -0.3 is 25.3 Å². The fraction of sp³-hybridized carbons (Fsp3) is 0.391. The van der Waals surface area contributed by atoms with Crippen molar-refractivity contribution in [3.8, 4) is 5.75 Å². The third-order valence-corrected chi connectivity index (χ3v) is 5.50. The van der Waals surface area contributed by atoms with E-state index in [1.807, 2.05) is 36.4 Å². The van der Waals surface area contributed by atoms with Crippen molar-refractivity contribution in [2.75, 3.05) is 31.6 Å². The Balaban J connectivity index is 1.24. The lowest BCUT2D eigenvalue weighted by atomic mass is 10.2. The quantitative estimate of drug-likeness (QED) is 0.283. The number of fused-ring (bicyclic) bond motifs is 1. The Labute approximate surface area is 185 Å². The van der Waals surface area contributed by atoms with Crippen LogP contribution in [0.1, 0.15) is 18.7 Å². The van der Waals surface area contributed by atoms with Crippen molar-refractivity contribution in [1.29, 1.82) is 0 Å². The third-order valence-electron chi connectivity index (χ3n) is 5.50. The number of alkyl halides is 2. The minimum absolute atomic E-state index is 0.163. The highest BCUT2D eigenvalue weighted by Gasteiger charge is 2.26. The van der Waals surface area contributed by atoms with E-state index in [1.165, 1.54) is 0 Å². The van der Waals surface area contributed by atoms with E-state index in [0.29, 0.717) is 12.2 Å². The number of benzene rings is 2. The third kappa shape index (κ3) is 5.46. The molecule has 1 fully saturated rings. The van der Waals surface area contributed by atoms with Crippen LogP contribution in [0.4, 0.5) is 14.5 Å². The molecule has 0 bridgehead atoms. The number of nitrogens with one attached hydrogen (secondary N) is 3. The smallest absolute Gasteiger partial charge is 0.387 e. The molecule has 0 saturated carbocycles. The van der Waals surface area contributed by atoms with E-state index in [9.17, 15) is 8.78 Å². The molecule has 0 spiro atoms. The highest BCUT2D eigenvalue weighted by molar-refractivity contribution is 5.80.